The molecule has 6 heteroatoms. The third-order valence-corrected chi connectivity index (χ3v) is 3.20. The number of quaternary nitrogens is 1. The Hall–Kier alpha value is -1.75. The minimum absolute atomic E-state index is 0.175. The number of nitrogens with one attached hydrogen (secondary N) is 1. The molecule has 2 aromatic carbocycles. The van der Waals surface area contributed by atoms with Crippen LogP contribution in [0.3, 0.4) is 0 Å². The van der Waals surface area contributed by atoms with Crippen molar-refractivity contribution in [1.82, 2.24) is 0 Å². The Kier molecular flexibility index (Phi) is 7.55. The van der Waals surface area contributed by atoms with E-state index in [2.05, 4.69) is 33.5 Å². The fraction of sp³-hybridized carbons (Fsp3) is 0.278. The van der Waals surface area contributed by atoms with E-state index in [0.717, 1.165) is 4.48 Å². The highest BCUT2D eigenvalue weighted by atomic mass is 35.5. The maximum atomic E-state index is 10.7. The number of rotatable bonds is 4. The van der Waals surface area contributed by atoms with E-state index in [1.807, 2.05) is 0 Å². The first-order chi connectivity index (χ1) is 11.1. The first kappa shape index (κ1) is 20.3. The van der Waals surface area contributed by atoms with Gasteiger partial charge >= 0.3 is 0 Å². The fourth-order valence-corrected chi connectivity index (χ4v) is 2.20. The van der Waals surface area contributed by atoms with Gasteiger partial charge in [0.1, 0.15) is 0 Å². The number of anilines is 2. The molecule has 2 aromatic rings. The number of nitrogens with zero attached hydrogens (tertiary/aromatic N) is 1. The van der Waals surface area contributed by atoms with Crippen LogP contribution in [0, 0.1) is 0 Å². The molecule has 130 valence electrons. The van der Waals surface area contributed by atoms with E-state index >= 15 is 0 Å². The number of carbonyl (C=O) groups excluding carboxylic acids is 1. The highest BCUT2D eigenvalue weighted by Crippen LogP contribution is 2.33. The van der Waals surface area contributed by atoms with Crippen LogP contribution in [0.25, 0.3) is 0 Å². The molecule has 0 saturated carbocycles. The summed E-state index contributed by atoms with van der Waals surface area (Å²) < 4.78 is 1.00. The summed E-state index contributed by atoms with van der Waals surface area (Å²) in [7, 11) is 8.50. The summed E-state index contributed by atoms with van der Waals surface area (Å²) in [5, 5.41) is 14.7. The Morgan fingerprint density at radius 1 is 1.00 bits per heavy atom. The van der Waals surface area contributed by atoms with Gasteiger partial charge in [0.2, 0.25) is 0 Å². The SMILES string of the molecule is C[N+](C)(C)C.O=C([O-])Cc1ccccc1Nc1c(Cl)cccc1Cl. The van der Waals surface area contributed by atoms with E-state index in [9.17, 15) is 9.90 Å². The summed E-state index contributed by atoms with van der Waals surface area (Å²) in [4.78, 5) is 10.7. The molecule has 0 amide bonds. The predicted molar refractivity (Wildman–Crippen MR) is 98.9 cm³/mol. The Balaban J connectivity index is 0.000000505. The van der Waals surface area contributed by atoms with E-state index in [4.69, 9.17) is 23.2 Å². The summed E-state index contributed by atoms with van der Waals surface area (Å²) in [5.74, 6) is -1.14. The maximum absolute atomic E-state index is 10.7. The van der Waals surface area contributed by atoms with E-state index in [1.54, 1.807) is 42.5 Å². The molecular formula is C18H22Cl2N2O2. The molecule has 0 atom stereocenters. The fourth-order valence-electron chi connectivity index (χ4n) is 1.70. The Labute approximate surface area is 153 Å². The molecule has 0 aliphatic carbocycles. The van der Waals surface area contributed by atoms with Gasteiger partial charge in [-0.1, -0.05) is 47.5 Å². The highest BCUT2D eigenvalue weighted by Gasteiger charge is 2.08. The number of halogens is 2. The number of benzene rings is 2. The standard InChI is InChI=1S/C14H11Cl2NO2.C4H12N/c15-10-5-3-6-11(16)14(10)17-12-7-2-1-4-9(12)8-13(18)19;1-5(2,3)4/h1-7,17H,8H2,(H,18,19);1-4H3/q;+1/p-1. The molecule has 2 rings (SSSR count). The predicted octanol–water partition coefficient (Wildman–Crippen LogP) is 3.35. The van der Waals surface area contributed by atoms with Crippen LogP contribution in [-0.2, 0) is 11.2 Å². The second-order valence-electron chi connectivity index (χ2n) is 6.61. The van der Waals surface area contributed by atoms with Crippen molar-refractivity contribution in [2.45, 2.75) is 6.42 Å². The lowest BCUT2D eigenvalue weighted by Gasteiger charge is -2.14. The molecule has 0 fully saturated rings. The normalized spacial score (nSPS) is 10.6. The average molecular weight is 369 g/mol. The minimum atomic E-state index is -1.14. The van der Waals surface area contributed by atoms with E-state index in [0.29, 0.717) is 27.0 Å². The van der Waals surface area contributed by atoms with Crippen molar-refractivity contribution in [1.29, 1.82) is 0 Å². The van der Waals surface area contributed by atoms with Crippen molar-refractivity contribution in [3.8, 4) is 0 Å². The van der Waals surface area contributed by atoms with Crippen LogP contribution in [0.1, 0.15) is 5.56 Å². The quantitative estimate of drug-likeness (QED) is 0.841. The third-order valence-electron chi connectivity index (χ3n) is 2.57. The van der Waals surface area contributed by atoms with Crippen LogP contribution < -0.4 is 10.4 Å². The molecule has 0 aliphatic heterocycles. The van der Waals surface area contributed by atoms with Crippen LogP contribution in [0.4, 0.5) is 11.4 Å². The van der Waals surface area contributed by atoms with Gasteiger partial charge in [0, 0.05) is 18.1 Å². The topological polar surface area (TPSA) is 52.2 Å². The minimum Gasteiger partial charge on any atom is -0.550 e. The lowest BCUT2D eigenvalue weighted by molar-refractivity contribution is -0.849. The number of para-hydroxylation sites is 2. The molecule has 24 heavy (non-hydrogen) atoms. The summed E-state index contributed by atoms with van der Waals surface area (Å²) in [6, 6.07) is 12.2. The van der Waals surface area contributed by atoms with E-state index < -0.39 is 5.97 Å². The zero-order valence-electron chi connectivity index (χ0n) is 14.3. The van der Waals surface area contributed by atoms with Gasteiger partial charge in [-0.25, -0.2) is 0 Å². The number of hydrogen-bond donors (Lipinski definition) is 1. The summed E-state index contributed by atoms with van der Waals surface area (Å²) in [6.07, 6.45) is -0.175. The molecule has 0 aliphatic rings. The summed E-state index contributed by atoms with van der Waals surface area (Å²) in [6.45, 7) is 0. The number of carboxylic acids is 1. The lowest BCUT2D eigenvalue weighted by atomic mass is 10.1. The first-order valence-electron chi connectivity index (χ1n) is 7.35. The van der Waals surface area contributed by atoms with Gasteiger partial charge in [-0.3, -0.25) is 0 Å². The molecule has 0 bridgehead atoms. The summed E-state index contributed by atoms with van der Waals surface area (Å²) in [5.41, 5.74) is 1.80. The monoisotopic (exact) mass is 368 g/mol. The van der Waals surface area contributed by atoms with Gasteiger partial charge in [0.25, 0.3) is 0 Å². The average Bonchev–Trinajstić information content (AvgIpc) is 2.42. The molecule has 0 heterocycles. The Bertz CT molecular complexity index is 671. The van der Waals surface area contributed by atoms with Crippen molar-refractivity contribution in [3.05, 3.63) is 58.1 Å². The Morgan fingerprint density at radius 2 is 1.50 bits per heavy atom. The number of hydrogen-bond acceptors (Lipinski definition) is 3. The number of carboxylic acid groups (broad SMARTS) is 1. The second kappa shape index (κ2) is 8.92. The van der Waals surface area contributed by atoms with Crippen LogP contribution in [-0.4, -0.2) is 38.6 Å². The highest BCUT2D eigenvalue weighted by molar-refractivity contribution is 6.39. The number of aliphatic carboxylic acids is 1. The van der Waals surface area contributed by atoms with Gasteiger partial charge in [-0.2, -0.15) is 0 Å². The molecular weight excluding hydrogens is 347 g/mol. The van der Waals surface area contributed by atoms with Gasteiger partial charge in [0.05, 0.1) is 43.9 Å². The molecule has 0 unspecified atom stereocenters. The molecule has 4 nitrogen and oxygen atoms in total. The number of carbonyl (C=O) groups is 1. The van der Waals surface area contributed by atoms with Crippen LogP contribution in [0.2, 0.25) is 10.0 Å². The Morgan fingerprint density at radius 3 is 2.00 bits per heavy atom. The largest absolute Gasteiger partial charge is 0.550 e. The second-order valence-corrected chi connectivity index (χ2v) is 7.43. The van der Waals surface area contributed by atoms with Gasteiger partial charge < -0.3 is 19.7 Å². The zero-order chi connectivity index (χ0) is 18.3. The van der Waals surface area contributed by atoms with Crippen molar-refractivity contribution >= 4 is 40.5 Å². The van der Waals surface area contributed by atoms with Crippen molar-refractivity contribution in [2.24, 2.45) is 0 Å². The van der Waals surface area contributed by atoms with Crippen LogP contribution in [0.15, 0.2) is 42.5 Å². The molecule has 0 saturated heterocycles. The summed E-state index contributed by atoms with van der Waals surface area (Å²) >= 11 is 12.1. The molecule has 0 spiro atoms. The van der Waals surface area contributed by atoms with Crippen molar-refractivity contribution < 1.29 is 14.4 Å². The molecule has 0 aromatic heterocycles. The maximum Gasteiger partial charge on any atom is 0.0762 e. The first-order valence-corrected chi connectivity index (χ1v) is 8.11. The van der Waals surface area contributed by atoms with Gasteiger partial charge in [-0.15, -0.1) is 0 Å². The molecule has 0 radical (unpaired) electrons. The van der Waals surface area contributed by atoms with E-state index in [1.165, 1.54) is 0 Å². The van der Waals surface area contributed by atoms with Crippen molar-refractivity contribution in [3.63, 3.8) is 0 Å². The smallest absolute Gasteiger partial charge is 0.0762 e. The van der Waals surface area contributed by atoms with Gasteiger partial charge in [0.15, 0.2) is 0 Å². The third kappa shape index (κ3) is 7.68. The lowest BCUT2D eigenvalue weighted by Crippen LogP contribution is -2.27. The van der Waals surface area contributed by atoms with E-state index in [-0.39, 0.29) is 6.42 Å². The van der Waals surface area contributed by atoms with Crippen molar-refractivity contribution in [2.75, 3.05) is 33.5 Å². The van der Waals surface area contributed by atoms with Crippen LogP contribution in [0.5, 0.6) is 0 Å². The van der Waals surface area contributed by atoms with Crippen LogP contribution >= 0.6 is 23.2 Å². The van der Waals surface area contributed by atoms with Gasteiger partial charge in [-0.05, 0) is 23.8 Å². The zero-order valence-corrected chi connectivity index (χ0v) is 15.8. The molecule has 1 N–H and O–H groups in total.